The second-order valence-corrected chi connectivity index (χ2v) is 8.71. The van der Waals surface area contributed by atoms with Crippen LogP contribution in [0.2, 0.25) is 0 Å². The maximum Gasteiger partial charge on any atom is 0.416 e. The highest BCUT2D eigenvalue weighted by molar-refractivity contribution is 6.07. The van der Waals surface area contributed by atoms with Crippen LogP contribution in [-0.2, 0) is 6.18 Å². The number of pyridine rings is 1. The molecule has 1 aliphatic rings. The topological polar surface area (TPSA) is 36.4 Å². The van der Waals surface area contributed by atoms with Gasteiger partial charge >= 0.3 is 6.18 Å². The van der Waals surface area contributed by atoms with Crippen molar-refractivity contribution in [3.05, 3.63) is 95.6 Å². The number of rotatable bonds is 3. The molecule has 0 aliphatic carbocycles. The Morgan fingerprint density at radius 3 is 2.31 bits per heavy atom. The molecule has 4 aromatic rings. The lowest BCUT2D eigenvalue weighted by Gasteiger charge is -2.36. The summed E-state index contributed by atoms with van der Waals surface area (Å²) in [5.41, 5.74) is 3.97. The first kappa shape index (κ1) is 22.9. The maximum absolute atomic E-state index is 13.6. The van der Waals surface area contributed by atoms with Crippen molar-refractivity contribution in [2.45, 2.75) is 13.1 Å². The van der Waals surface area contributed by atoms with Crippen LogP contribution in [0.5, 0.6) is 0 Å². The van der Waals surface area contributed by atoms with E-state index in [9.17, 15) is 18.0 Å². The van der Waals surface area contributed by atoms with Gasteiger partial charge in [-0.1, -0.05) is 48.5 Å². The molecule has 1 aromatic heterocycles. The molecular weight excluding hydrogens is 451 g/mol. The number of anilines is 1. The van der Waals surface area contributed by atoms with Crippen LogP contribution < -0.4 is 4.90 Å². The highest BCUT2D eigenvalue weighted by Gasteiger charge is 2.31. The summed E-state index contributed by atoms with van der Waals surface area (Å²) in [4.78, 5) is 22.1. The van der Waals surface area contributed by atoms with E-state index in [1.165, 1.54) is 12.1 Å². The van der Waals surface area contributed by atoms with Crippen LogP contribution in [0.3, 0.4) is 0 Å². The van der Waals surface area contributed by atoms with Crippen LogP contribution in [0.15, 0.2) is 78.9 Å². The van der Waals surface area contributed by atoms with Gasteiger partial charge in [0.25, 0.3) is 5.91 Å². The molecule has 7 heteroatoms. The van der Waals surface area contributed by atoms with Gasteiger partial charge in [-0.25, -0.2) is 4.98 Å². The van der Waals surface area contributed by atoms with E-state index in [4.69, 9.17) is 4.98 Å². The van der Waals surface area contributed by atoms with Crippen molar-refractivity contribution in [2.75, 3.05) is 31.1 Å². The van der Waals surface area contributed by atoms with E-state index in [1.807, 2.05) is 66.4 Å². The summed E-state index contributed by atoms with van der Waals surface area (Å²) in [5.74, 6) is -0.0953. The van der Waals surface area contributed by atoms with E-state index in [1.54, 1.807) is 11.0 Å². The van der Waals surface area contributed by atoms with Crippen molar-refractivity contribution in [2.24, 2.45) is 0 Å². The van der Waals surface area contributed by atoms with Crippen molar-refractivity contribution < 1.29 is 18.0 Å². The number of aryl methyl sites for hydroxylation is 1. The quantitative estimate of drug-likeness (QED) is 0.354. The summed E-state index contributed by atoms with van der Waals surface area (Å²) in [6.45, 7) is 3.78. The van der Waals surface area contributed by atoms with Crippen LogP contribution in [0.25, 0.3) is 22.2 Å². The van der Waals surface area contributed by atoms with Gasteiger partial charge in [0.1, 0.15) is 0 Å². The van der Waals surface area contributed by atoms with Crippen molar-refractivity contribution in [3.8, 4) is 11.3 Å². The fourth-order valence-electron chi connectivity index (χ4n) is 4.57. The number of hydrogen-bond acceptors (Lipinski definition) is 3. The first-order valence-electron chi connectivity index (χ1n) is 11.5. The summed E-state index contributed by atoms with van der Waals surface area (Å²) >= 11 is 0. The Balaban J connectivity index is 1.41. The maximum atomic E-state index is 13.6. The molecule has 0 spiro atoms. The molecule has 178 valence electrons. The van der Waals surface area contributed by atoms with E-state index in [0.717, 1.165) is 33.8 Å². The second-order valence-electron chi connectivity index (χ2n) is 8.71. The summed E-state index contributed by atoms with van der Waals surface area (Å²) in [7, 11) is 0. The largest absolute Gasteiger partial charge is 0.416 e. The average Bonchev–Trinajstić information content (AvgIpc) is 2.87. The van der Waals surface area contributed by atoms with Gasteiger partial charge < -0.3 is 9.80 Å². The number of para-hydroxylation sites is 1. The van der Waals surface area contributed by atoms with Crippen LogP contribution in [-0.4, -0.2) is 42.0 Å². The summed E-state index contributed by atoms with van der Waals surface area (Å²) in [6, 6.07) is 22.7. The van der Waals surface area contributed by atoms with Gasteiger partial charge in [0.05, 0.1) is 22.3 Å². The number of nitrogens with zero attached hydrogens (tertiary/aromatic N) is 3. The lowest BCUT2D eigenvalue weighted by atomic mass is 10.00. The van der Waals surface area contributed by atoms with Gasteiger partial charge in [0.2, 0.25) is 0 Å². The summed E-state index contributed by atoms with van der Waals surface area (Å²) in [6.07, 6.45) is -4.38. The Hall–Kier alpha value is -3.87. The van der Waals surface area contributed by atoms with E-state index < -0.39 is 11.7 Å². The van der Waals surface area contributed by atoms with Crippen molar-refractivity contribution in [3.63, 3.8) is 0 Å². The number of carbonyl (C=O) groups is 1. The number of carbonyl (C=O) groups excluding carboxylic acids is 1. The highest BCUT2D eigenvalue weighted by Crippen LogP contribution is 2.32. The number of amides is 1. The number of halogens is 3. The third kappa shape index (κ3) is 4.58. The molecule has 2 heterocycles. The van der Waals surface area contributed by atoms with Gasteiger partial charge in [-0.15, -0.1) is 0 Å². The summed E-state index contributed by atoms with van der Waals surface area (Å²) in [5, 5.41) is 0.787. The Morgan fingerprint density at radius 1 is 0.857 bits per heavy atom. The number of alkyl halides is 3. The molecule has 0 radical (unpaired) electrons. The zero-order valence-electron chi connectivity index (χ0n) is 19.2. The monoisotopic (exact) mass is 475 g/mol. The number of hydrogen-bond donors (Lipinski definition) is 0. The predicted molar refractivity (Wildman–Crippen MR) is 131 cm³/mol. The lowest BCUT2D eigenvalue weighted by molar-refractivity contribution is -0.137. The molecule has 0 bridgehead atoms. The number of benzene rings is 3. The molecule has 1 saturated heterocycles. The molecule has 3 aromatic carbocycles. The van der Waals surface area contributed by atoms with E-state index in [0.29, 0.717) is 37.4 Å². The minimum absolute atomic E-state index is 0.0953. The number of piperazine rings is 1. The molecule has 0 N–H and O–H groups in total. The highest BCUT2D eigenvalue weighted by atomic mass is 19.4. The first-order chi connectivity index (χ1) is 16.8. The molecule has 35 heavy (non-hydrogen) atoms. The van der Waals surface area contributed by atoms with Crippen LogP contribution in [0.1, 0.15) is 21.5 Å². The smallest absolute Gasteiger partial charge is 0.368 e. The SMILES string of the molecule is Cc1ccccc1-c1cc(C(=O)N2CCN(c3cccc(C(F)(F)F)c3)CC2)c2ccccc2n1. The van der Waals surface area contributed by atoms with Crippen molar-refractivity contribution >= 4 is 22.5 Å². The standard InChI is InChI=1S/C28H24F3N3O/c1-19-7-2-3-10-22(19)26-18-24(23-11-4-5-12-25(23)32-26)27(35)34-15-13-33(14-16-34)21-9-6-8-20(17-21)28(29,30)31/h2-12,17-18H,13-16H2,1H3. The zero-order valence-corrected chi connectivity index (χ0v) is 19.2. The molecule has 1 aliphatic heterocycles. The minimum Gasteiger partial charge on any atom is -0.368 e. The summed E-state index contributed by atoms with van der Waals surface area (Å²) < 4.78 is 39.4. The molecule has 0 unspecified atom stereocenters. The minimum atomic E-state index is -4.38. The zero-order chi connectivity index (χ0) is 24.6. The van der Waals surface area contributed by atoms with Crippen LogP contribution in [0, 0.1) is 6.92 Å². The van der Waals surface area contributed by atoms with Crippen molar-refractivity contribution in [1.82, 2.24) is 9.88 Å². The molecule has 0 saturated carbocycles. The number of aromatic nitrogens is 1. The third-order valence-electron chi connectivity index (χ3n) is 6.47. The Labute approximate surface area is 201 Å². The molecule has 1 amide bonds. The molecule has 0 atom stereocenters. The van der Waals surface area contributed by atoms with Gasteiger partial charge in [-0.2, -0.15) is 13.2 Å². The molecule has 1 fully saturated rings. The van der Waals surface area contributed by atoms with Crippen LogP contribution in [0.4, 0.5) is 18.9 Å². The van der Waals surface area contributed by atoms with Gasteiger partial charge in [0, 0.05) is 42.8 Å². The van der Waals surface area contributed by atoms with Crippen molar-refractivity contribution in [1.29, 1.82) is 0 Å². The Morgan fingerprint density at radius 2 is 1.57 bits per heavy atom. The lowest BCUT2D eigenvalue weighted by Crippen LogP contribution is -2.48. The van der Waals surface area contributed by atoms with Gasteiger partial charge in [-0.05, 0) is 42.8 Å². The molecule has 5 rings (SSSR count). The van der Waals surface area contributed by atoms with Gasteiger partial charge in [-0.3, -0.25) is 4.79 Å². The molecular formula is C28H24F3N3O. The average molecular weight is 476 g/mol. The number of fused-ring (bicyclic) bond motifs is 1. The Kier molecular flexibility index (Phi) is 5.93. The second kappa shape index (κ2) is 9.06. The van der Waals surface area contributed by atoms with E-state index in [2.05, 4.69) is 0 Å². The van der Waals surface area contributed by atoms with E-state index in [-0.39, 0.29) is 5.91 Å². The molecule has 4 nitrogen and oxygen atoms in total. The Bertz CT molecular complexity index is 1390. The fraction of sp³-hybridized carbons (Fsp3) is 0.214. The van der Waals surface area contributed by atoms with E-state index >= 15 is 0 Å². The fourth-order valence-corrected chi connectivity index (χ4v) is 4.57. The normalized spacial score (nSPS) is 14.4. The first-order valence-corrected chi connectivity index (χ1v) is 11.5. The predicted octanol–water partition coefficient (Wildman–Crippen LogP) is 6.19. The third-order valence-corrected chi connectivity index (χ3v) is 6.47. The van der Waals surface area contributed by atoms with Gasteiger partial charge in [0.15, 0.2) is 0 Å². The van der Waals surface area contributed by atoms with Crippen LogP contribution >= 0.6 is 0 Å².